The van der Waals surface area contributed by atoms with Gasteiger partial charge in [-0.05, 0) is 31.0 Å². The van der Waals surface area contributed by atoms with Crippen LogP contribution in [0.25, 0.3) is 0 Å². The third-order valence-corrected chi connectivity index (χ3v) is 3.20. The van der Waals surface area contributed by atoms with Crippen LogP contribution in [0.5, 0.6) is 0 Å². The van der Waals surface area contributed by atoms with E-state index in [0.717, 1.165) is 18.4 Å². The fraction of sp³-hybridized carbons (Fsp3) is 0.400. The van der Waals surface area contributed by atoms with Crippen LogP contribution in [-0.4, -0.2) is 36.9 Å². The zero-order chi connectivity index (χ0) is 13.7. The van der Waals surface area contributed by atoms with E-state index in [1.54, 1.807) is 25.3 Å². The van der Waals surface area contributed by atoms with Gasteiger partial charge in [-0.15, -0.1) is 0 Å². The number of rotatable bonds is 3. The number of nitrogens with one attached hydrogen (secondary N) is 1. The molecule has 0 atom stereocenters. The van der Waals surface area contributed by atoms with Gasteiger partial charge in [0.2, 0.25) is 0 Å². The minimum atomic E-state index is -0.184. The number of carbonyl (C=O) groups excluding carboxylic acids is 1. The molecule has 100 valence electrons. The lowest BCUT2D eigenvalue weighted by Gasteiger charge is -2.34. The number of methoxy groups -OCH3 is 1. The average Bonchev–Trinajstić information content (AvgIpc) is 2.40. The van der Waals surface area contributed by atoms with Gasteiger partial charge in [0, 0.05) is 24.3 Å². The predicted molar refractivity (Wildman–Crippen MR) is 71.7 cm³/mol. The summed E-state index contributed by atoms with van der Waals surface area (Å²) in [5.74, 6) is 5.26. The van der Waals surface area contributed by atoms with Crippen LogP contribution in [0.3, 0.4) is 0 Å². The van der Waals surface area contributed by atoms with Gasteiger partial charge in [0.05, 0.1) is 6.10 Å². The second-order valence-electron chi connectivity index (χ2n) is 4.54. The fourth-order valence-corrected chi connectivity index (χ4v) is 2.02. The third-order valence-electron chi connectivity index (χ3n) is 3.20. The van der Waals surface area contributed by atoms with Crippen LogP contribution >= 0.6 is 0 Å². The van der Waals surface area contributed by atoms with Crippen LogP contribution in [0.15, 0.2) is 24.3 Å². The number of hydrogen-bond donors (Lipinski definition) is 2. The lowest BCUT2D eigenvalue weighted by Crippen LogP contribution is -2.47. The number of amides is 1. The van der Waals surface area contributed by atoms with Gasteiger partial charge in [-0.1, -0.05) is 17.9 Å². The maximum absolute atomic E-state index is 12.0. The highest BCUT2D eigenvalue weighted by atomic mass is 16.5. The van der Waals surface area contributed by atoms with Gasteiger partial charge in [-0.25, -0.2) is 0 Å². The summed E-state index contributed by atoms with van der Waals surface area (Å²) in [7, 11) is 1.69. The summed E-state index contributed by atoms with van der Waals surface area (Å²) in [6.07, 6.45) is 2.01. The van der Waals surface area contributed by atoms with Gasteiger partial charge in [-0.2, -0.15) is 0 Å². The van der Waals surface area contributed by atoms with Crippen LogP contribution in [0.2, 0.25) is 0 Å². The zero-order valence-corrected chi connectivity index (χ0v) is 10.8. The SMILES string of the molecule is COC1CC(NC(=O)c2cccc(C#CCO)c2)C1. The molecule has 0 unspecified atom stereocenters. The molecule has 2 rings (SSSR count). The summed E-state index contributed by atoms with van der Waals surface area (Å²) >= 11 is 0. The molecule has 0 spiro atoms. The lowest BCUT2D eigenvalue weighted by molar-refractivity contribution is 0.0176. The molecule has 1 fully saturated rings. The van der Waals surface area contributed by atoms with E-state index in [4.69, 9.17) is 9.84 Å². The van der Waals surface area contributed by atoms with Gasteiger partial charge >= 0.3 is 0 Å². The Morgan fingerprint density at radius 1 is 1.53 bits per heavy atom. The molecule has 19 heavy (non-hydrogen) atoms. The summed E-state index contributed by atoms with van der Waals surface area (Å²) in [5.41, 5.74) is 1.32. The van der Waals surface area contributed by atoms with Crippen molar-refractivity contribution in [3.05, 3.63) is 35.4 Å². The summed E-state index contributed by atoms with van der Waals surface area (Å²) in [6.45, 7) is -0.184. The van der Waals surface area contributed by atoms with Crippen LogP contribution in [-0.2, 0) is 4.74 Å². The van der Waals surface area contributed by atoms with Crippen molar-refractivity contribution in [3.8, 4) is 11.8 Å². The van der Waals surface area contributed by atoms with Crippen molar-refractivity contribution in [1.29, 1.82) is 0 Å². The molecule has 0 radical (unpaired) electrons. The normalized spacial score (nSPS) is 20.9. The first kappa shape index (κ1) is 13.6. The van der Waals surface area contributed by atoms with E-state index in [0.29, 0.717) is 5.56 Å². The van der Waals surface area contributed by atoms with Gasteiger partial charge < -0.3 is 15.2 Å². The summed E-state index contributed by atoms with van der Waals surface area (Å²) < 4.78 is 5.17. The van der Waals surface area contributed by atoms with Gasteiger partial charge in [0.1, 0.15) is 6.61 Å². The Kier molecular flexibility index (Phi) is 4.56. The molecule has 1 aliphatic carbocycles. The third kappa shape index (κ3) is 3.57. The van der Waals surface area contributed by atoms with E-state index in [1.807, 2.05) is 6.07 Å². The Morgan fingerprint density at radius 2 is 2.32 bits per heavy atom. The van der Waals surface area contributed by atoms with E-state index in [2.05, 4.69) is 17.2 Å². The first-order valence-corrected chi connectivity index (χ1v) is 6.26. The number of benzene rings is 1. The van der Waals surface area contributed by atoms with Gasteiger partial charge in [0.15, 0.2) is 0 Å². The molecule has 1 amide bonds. The van der Waals surface area contributed by atoms with Crippen LogP contribution in [0.4, 0.5) is 0 Å². The number of carbonyl (C=O) groups is 1. The van der Waals surface area contributed by atoms with Crippen molar-refractivity contribution in [2.75, 3.05) is 13.7 Å². The molecule has 1 aromatic rings. The van der Waals surface area contributed by atoms with Crippen molar-refractivity contribution in [3.63, 3.8) is 0 Å². The Hall–Kier alpha value is -1.83. The molecule has 0 heterocycles. The van der Waals surface area contributed by atoms with E-state index in [1.165, 1.54) is 0 Å². The average molecular weight is 259 g/mol. The second kappa shape index (κ2) is 6.37. The van der Waals surface area contributed by atoms with E-state index in [9.17, 15) is 4.79 Å². The first-order chi connectivity index (χ1) is 9.22. The molecule has 4 heteroatoms. The molecule has 1 aromatic carbocycles. The van der Waals surface area contributed by atoms with Crippen LogP contribution < -0.4 is 5.32 Å². The molecule has 0 aliphatic heterocycles. The van der Waals surface area contributed by atoms with Crippen molar-refractivity contribution in [1.82, 2.24) is 5.32 Å². The van der Waals surface area contributed by atoms with Crippen molar-refractivity contribution in [2.45, 2.75) is 25.0 Å². The molecular formula is C15H17NO3. The molecule has 2 N–H and O–H groups in total. The Bertz CT molecular complexity index is 510. The Labute approximate surface area is 112 Å². The minimum Gasteiger partial charge on any atom is -0.384 e. The highest BCUT2D eigenvalue weighted by Crippen LogP contribution is 2.22. The Morgan fingerprint density at radius 3 is 3.00 bits per heavy atom. The van der Waals surface area contributed by atoms with E-state index >= 15 is 0 Å². The summed E-state index contributed by atoms with van der Waals surface area (Å²) in [5, 5.41) is 11.6. The highest BCUT2D eigenvalue weighted by molar-refractivity contribution is 5.94. The number of ether oxygens (including phenoxy) is 1. The maximum Gasteiger partial charge on any atom is 0.251 e. The van der Waals surface area contributed by atoms with E-state index < -0.39 is 0 Å². The van der Waals surface area contributed by atoms with Crippen molar-refractivity contribution < 1.29 is 14.6 Å². The molecule has 4 nitrogen and oxygen atoms in total. The Balaban J connectivity index is 1.95. The predicted octanol–water partition coefficient (Wildman–Crippen LogP) is 0.938. The topological polar surface area (TPSA) is 58.6 Å². The molecule has 0 bridgehead atoms. The summed E-state index contributed by atoms with van der Waals surface area (Å²) in [4.78, 5) is 12.0. The van der Waals surface area contributed by atoms with Gasteiger partial charge in [0.25, 0.3) is 5.91 Å². The minimum absolute atomic E-state index is 0.0906. The number of aliphatic hydroxyl groups excluding tert-OH is 1. The van der Waals surface area contributed by atoms with E-state index in [-0.39, 0.29) is 24.7 Å². The van der Waals surface area contributed by atoms with Gasteiger partial charge in [-0.3, -0.25) is 4.79 Å². The van der Waals surface area contributed by atoms with Crippen molar-refractivity contribution in [2.24, 2.45) is 0 Å². The standard InChI is InChI=1S/C15H17NO3/c1-19-14-9-13(10-14)16-15(18)12-6-2-4-11(8-12)5-3-7-17/h2,4,6,8,13-14,17H,7,9-10H2,1H3,(H,16,18). The quantitative estimate of drug-likeness (QED) is 0.794. The fourth-order valence-electron chi connectivity index (χ4n) is 2.02. The first-order valence-electron chi connectivity index (χ1n) is 6.26. The lowest BCUT2D eigenvalue weighted by atomic mass is 9.89. The molecule has 1 saturated carbocycles. The molecule has 0 aromatic heterocycles. The number of hydrogen-bond acceptors (Lipinski definition) is 3. The highest BCUT2D eigenvalue weighted by Gasteiger charge is 2.30. The van der Waals surface area contributed by atoms with Crippen molar-refractivity contribution >= 4 is 5.91 Å². The smallest absolute Gasteiger partial charge is 0.251 e. The molecular weight excluding hydrogens is 242 g/mol. The molecule has 1 aliphatic rings. The maximum atomic E-state index is 12.0. The van der Waals surface area contributed by atoms with Crippen LogP contribution in [0, 0.1) is 11.8 Å². The summed E-state index contributed by atoms with van der Waals surface area (Å²) in [6, 6.07) is 7.28. The monoisotopic (exact) mass is 259 g/mol. The molecule has 0 saturated heterocycles. The second-order valence-corrected chi connectivity index (χ2v) is 4.54. The zero-order valence-electron chi connectivity index (χ0n) is 10.8. The largest absolute Gasteiger partial charge is 0.384 e. The van der Waals surface area contributed by atoms with Crippen LogP contribution in [0.1, 0.15) is 28.8 Å². The number of aliphatic hydroxyl groups is 1.